The quantitative estimate of drug-likeness (QED) is 0.270. The van der Waals surface area contributed by atoms with Crippen molar-refractivity contribution in [2.45, 2.75) is 18.9 Å². The third-order valence-electron chi connectivity index (χ3n) is 6.63. The van der Waals surface area contributed by atoms with Crippen LogP contribution in [-0.2, 0) is 0 Å². The average molecular weight is 509 g/mol. The SMILES string of the molecule is O=C(Nc1ccc(C(=O)c2ccc(NC(=O)c3cc[nH]c3)cc2)cc1)c1ccc(N2CCC(O)CC2)cc1. The van der Waals surface area contributed by atoms with Crippen LogP contribution in [-0.4, -0.2) is 46.9 Å². The van der Waals surface area contributed by atoms with Crippen molar-refractivity contribution < 1.29 is 19.5 Å². The molecule has 2 amide bonds. The van der Waals surface area contributed by atoms with Gasteiger partial charge in [0, 0.05) is 59.2 Å². The number of ketones is 1. The normalized spacial score (nSPS) is 13.7. The number of nitrogens with one attached hydrogen (secondary N) is 3. The molecule has 2 heterocycles. The first-order valence-electron chi connectivity index (χ1n) is 12.5. The number of piperidine rings is 1. The summed E-state index contributed by atoms with van der Waals surface area (Å²) in [6, 6.07) is 22.6. The number of aromatic amines is 1. The highest BCUT2D eigenvalue weighted by atomic mass is 16.3. The third-order valence-corrected chi connectivity index (χ3v) is 6.63. The fraction of sp³-hybridized carbons (Fsp3) is 0.167. The molecular weight excluding hydrogens is 480 g/mol. The average Bonchev–Trinajstić information content (AvgIpc) is 3.50. The molecule has 0 bridgehead atoms. The van der Waals surface area contributed by atoms with Crippen molar-refractivity contribution in [3.63, 3.8) is 0 Å². The topological polar surface area (TPSA) is 115 Å². The van der Waals surface area contributed by atoms with Crippen LogP contribution in [0.4, 0.5) is 17.1 Å². The zero-order valence-corrected chi connectivity index (χ0v) is 20.7. The molecule has 1 aliphatic rings. The van der Waals surface area contributed by atoms with E-state index >= 15 is 0 Å². The number of anilines is 3. The first-order chi connectivity index (χ1) is 18.5. The molecule has 0 atom stereocenters. The molecule has 0 unspecified atom stereocenters. The lowest BCUT2D eigenvalue weighted by atomic mass is 10.0. The Morgan fingerprint density at radius 2 is 1.18 bits per heavy atom. The molecule has 0 aliphatic carbocycles. The van der Waals surface area contributed by atoms with Crippen LogP contribution in [0.25, 0.3) is 0 Å². The van der Waals surface area contributed by atoms with Crippen LogP contribution in [0.2, 0.25) is 0 Å². The maximum atomic E-state index is 12.9. The Morgan fingerprint density at radius 1 is 0.684 bits per heavy atom. The van der Waals surface area contributed by atoms with Gasteiger partial charge in [-0.3, -0.25) is 14.4 Å². The first kappa shape index (κ1) is 25.0. The molecule has 8 heteroatoms. The molecule has 1 saturated heterocycles. The van der Waals surface area contributed by atoms with Gasteiger partial charge < -0.3 is 25.6 Å². The van der Waals surface area contributed by atoms with Crippen LogP contribution < -0.4 is 15.5 Å². The van der Waals surface area contributed by atoms with Gasteiger partial charge in [0.1, 0.15) is 0 Å². The monoisotopic (exact) mass is 508 g/mol. The fourth-order valence-corrected chi connectivity index (χ4v) is 4.40. The second-order valence-electron chi connectivity index (χ2n) is 9.26. The summed E-state index contributed by atoms with van der Waals surface area (Å²) in [6.07, 6.45) is 4.55. The largest absolute Gasteiger partial charge is 0.393 e. The number of aromatic nitrogens is 1. The summed E-state index contributed by atoms with van der Waals surface area (Å²) < 4.78 is 0. The number of carbonyl (C=O) groups excluding carboxylic acids is 3. The number of nitrogens with zero attached hydrogens (tertiary/aromatic N) is 1. The summed E-state index contributed by atoms with van der Waals surface area (Å²) in [4.78, 5) is 42.8. The Bertz CT molecular complexity index is 1400. The van der Waals surface area contributed by atoms with Gasteiger partial charge in [0.15, 0.2) is 5.78 Å². The van der Waals surface area contributed by atoms with E-state index < -0.39 is 0 Å². The minimum absolute atomic E-state index is 0.160. The number of rotatable bonds is 7. The summed E-state index contributed by atoms with van der Waals surface area (Å²) in [5, 5.41) is 15.3. The Balaban J connectivity index is 1.17. The number of benzene rings is 3. The minimum Gasteiger partial charge on any atom is -0.393 e. The lowest BCUT2D eigenvalue weighted by molar-refractivity contribution is 0.101. The lowest BCUT2D eigenvalue weighted by Crippen LogP contribution is -2.35. The Morgan fingerprint density at radius 3 is 1.68 bits per heavy atom. The third kappa shape index (κ3) is 5.82. The highest BCUT2D eigenvalue weighted by molar-refractivity contribution is 6.10. The molecule has 1 aliphatic heterocycles. The maximum absolute atomic E-state index is 12.9. The van der Waals surface area contributed by atoms with Crippen molar-refractivity contribution in [1.82, 2.24) is 4.98 Å². The van der Waals surface area contributed by atoms with Crippen molar-refractivity contribution in [1.29, 1.82) is 0 Å². The van der Waals surface area contributed by atoms with Gasteiger partial charge in [0.2, 0.25) is 0 Å². The molecule has 3 aromatic carbocycles. The van der Waals surface area contributed by atoms with E-state index in [1.54, 1.807) is 79.1 Å². The van der Waals surface area contributed by atoms with Crippen LogP contribution in [0.3, 0.4) is 0 Å². The number of amides is 2. The van der Waals surface area contributed by atoms with Gasteiger partial charge in [-0.15, -0.1) is 0 Å². The molecule has 8 nitrogen and oxygen atoms in total. The smallest absolute Gasteiger partial charge is 0.257 e. The molecule has 5 rings (SSSR count). The Labute approximate surface area is 220 Å². The van der Waals surface area contributed by atoms with Crippen LogP contribution in [0, 0.1) is 0 Å². The molecule has 0 saturated carbocycles. The summed E-state index contributed by atoms with van der Waals surface area (Å²) in [5.74, 6) is -0.629. The van der Waals surface area contributed by atoms with Gasteiger partial charge in [-0.1, -0.05) is 0 Å². The lowest BCUT2D eigenvalue weighted by Gasteiger charge is -2.31. The predicted octanol–water partition coefficient (Wildman–Crippen LogP) is 4.71. The van der Waals surface area contributed by atoms with Crippen LogP contribution in [0.1, 0.15) is 49.5 Å². The zero-order chi connectivity index (χ0) is 26.5. The summed E-state index contributed by atoms with van der Waals surface area (Å²) in [6.45, 7) is 1.60. The van der Waals surface area contributed by atoms with Crippen molar-refractivity contribution in [2.75, 3.05) is 28.6 Å². The molecule has 1 aromatic heterocycles. The summed E-state index contributed by atoms with van der Waals surface area (Å²) in [5.41, 5.74) is 4.25. The van der Waals surface area contributed by atoms with Crippen LogP contribution >= 0.6 is 0 Å². The van der Waals surface area contributed by atoms with Gasteiger partial charge in [0.05, 0.1) is 11.7 Å². The Kier molecular flexibility index (Phi) is 7.33. The van der Waals surface area contributed by atoms with Gasteiger partial charge >= 0.3 is 0 Å². The van der Waals surface area contributed by atoms with E-state index in [0.717, 1.165) is 31.6 Å². The van der Waals surface area contributed by atoms with E-state index in [9.17, 15) is 19.5 Å². The number of aliphatic hydroxyl groups is 1. The molecule has 192 valence electrons. The Hall–Kier alpha value is -4.69. The van der Waals surface area contributed by atoms with E-state index in [0.29, 0.717) is 33.6 Å². The molecule has 4 aromatic rings. The molecule has 0 spiro atoms. The zero-order valence-electron chi connectivity index (χ0n) is 20.7. The van der Waals surface area contributed by atoms with E-state index in [-0.39, 0.29) is 23.7 Å². The van der Waals surface area contributed by atoms with Gasteiger partial charge in [-0.2, -0.15) is 0 Å². The molecule has 0 radical (unpaired) electrons. The van der Waals surface area contributed by atoms with Crippen molar-refractivity contribution in [2.24, 2.45) is 0 Å². The van der Waals surface area contributed by atoms with Crippen molar-refractivity contribution >= 4 is 34.7 Å². The number of aliphatic hydroxyl groups excluding tert-OH is 1. The standard InChI is InChI=1S/C30H28N4O4/c35-27-14-17-34(18-15-27)26-11-5-22(6-12-26)29(37)32-24-7-1-20(2-8-24)28(36)21-3-9-25(10-4-21)33-30(38)23-13-16-31-19-23/h1-13,16,19,27,31,35H,14-15,17-18H2,(H,32,37)(H,33,38). The number of H-pyrrole nitrogens is 1. The van der Waals surface area contributed by atoms with E-state index in [2.05, 4.69) is 20.5 Å². The predicted molar refractivity (Wildman–Crippen MR) is 147 cm³/mol. The van der Waals surface area contributed by atoms with Crippen molar-refractivity contribution in [3.05, 3.63) is 114 Å². The molecule has 4 N–H and O–H groups in total. The molecule has 38 heavy (non-hydrogen) atoms. The molecular formula is C30H28N4O4. The molecule has 1 fully saturated rings. The van der Waals surface area contributed by atoms with Gasteiger partial charge in [0.25, 0.3) is 11.8 Å². The number of carbonyl (C=O) groups is 3. The van der Waals surface area contributed by atoms with E-state index in [4.69, 9.17) is 0 Å². The fourth-order valence-electron chi connectivity index (χ4n) is 4.40. The van der Waals surface area contributed by atoms with Crippen LogP contribution in [0.5, 0.6) is 0 Å². The summed E-state index contributed by atoms with van der Waals surface area (Å²) in [7, 11) is 0. The van der Waals surface area contributed by atoms with Crippen molar-refractivity contribution in [3.8, 4) is 0 Å². The number of hydrogen-bond donors (Lipinski definition) is 4. The van der Waals surface area contributed by atoms with Gasteiger partial charge in [-0.25, -0.2) is 0 Å². The maximum Gasteiger partial charge on any atom is 0.257 e. The second kappa shape index (κ2) is 11.1. The van der Waals surface area contributed by atoms with E-state index in [1.165, 1.54) is 0 Å². The van der Waals surface area contributed by atoms with Crippen LogP contribution in [0.15, 0.2) is 91.3 Å². The highest BCUT2D eigenvalue weighted by Crippen LogP contribution is 2.22. The summed E-state index contributed by atoms with van der Waals surface area (Å²) >= 11 is 0. The van der Waals surface area contributed by atoms with Gasteiger partial charge in [-0.05, 0) is 91.7 Å². The first-order valence-corrected chi connectivity index (χ1v) is 12.5. The van der Waals surface area contributed by atoms with E-state index in [1.807, 2.05) is 12.1 Å². The minimum atomic E-state index is -0.235. The highest BCUT2D eigenvalue weighted by Gasteiger charge is 2.18. The second-order valence-corrected chi connectivity index (χ2v) is 9.26. The number of hydrogen-bond acceptors (Lipinski definition) is 5.